The molecule has 1 saturated heterocycles. The van der Waals surface area contributed by atoms with Gasteiger partial charge in [0.05, 0.1) is 0 Å². The third kappa shape index (κ3) is 4.03. The first-order valence-corrected chi connectivity index (χ1v) is 9.16. The zero-order valence-corrected chi connectivity index (χ0v) is 14.0. The number of piperazine rings is 1. The average molecular weight is 331 g/mol. The molecule has 6 nitrogen and oxygen atoms in total. The first kappa shape index (κ1) is 16.4. The summed E-state index contributed by atoms with van der Waals surface area (Å²) in [6.45, 7) is 1.67. The quantitative estimate of drug-likeness (QED) is 0.795. The van der Waals surface area contributed by atoms with E-state index in [0.29, 0.717) is 32.6 Å². The van der Waals surface area contributed by atoms with Gasteiger partial charge in [-0.1, -0.05) is 6.07 Å². The van der Waals surface area contributed by atoms with E-state index in [2.05, 4.69) is 0 Å². The maximum Gasteiger partial charge on any atom is 0.281 e. The van der Waals surface area contributed by atoms with Crippen LogP contribution in [0.2, 0.25) is 0 Å². The number of thiophene rings is 1. The monoisotopic (exact) mass is 331 g/mol. The molecule has 0 saturated carbocycles. The number of hydrogen-bond donors (Lipinski definition) is 0. The van der Waals surface area contributed by atoms with Crippen LogP contribution in [0, 0.1) is 0 Å². The molecule has 0 bridgehead atoms. The van der Waals surface area contributed by atoms with Crippen molar-refractivity contribution in [2.75, 3.05) is 40.3 Å². The van der Waals surface area contributed by atoms with E-state index in [-0.39, 0.29) is 5.91 Å². The average Bonchev–Trinajstić information content (AvgIpc) is 2.98. The lowest BCUT2D eigenvalue weighted by Gasteiger charge is -2.35. The predicted molar refractivity (Wildman–Crippen MR) is 83.4 cm³/mol. The Morgan fingerprint density at radius 1 is 1.29 bits per heavy atom. The Hall–Kier alpha value is -0.960. The molecule has 1 aromatic heterocycles. The van der Waals surface area contributed by atoms with Gasteiger partial charge in [-0.3, -0.25) is 4.79 Å². The van der Waals surface area contributed by atoms with Crippen LogP contribution in [-0.2, 0) is 21.4 Å². The summed E-state index contributed by atoms with van der Waals surface area (Å²) in [4.78, 5) is 15.1. The summed E-state index contributed by atoms with van der Waals surface area (Å²) >= 11 is 1.65. The second-order valence-electron chi connectivity index (χ2n) is 5.15. The van der Waals surface area contributed by atoms with Crippen LogP contribution in [0.1, 0.15) is 11.3 Å². The topological polar surface area (TPSA) is 60.9 Å². The SMILES string of the molecule is CN(C)S(=O)(=O)N1CCN(C(=O)CCc2cccs2)CC1. The van der Waals surface area contributed by atoms with Crippen molar-refractivity contribution in [3.8, 4) is 0 Å². The van der Waals surface area contributed by atoms with Crippen LogP contribution in [0.4, 0.5) is 0 Å². The van der Waals surface area contributed by atoms with E-state index >= 15 is 0 Å². The van der Waals surface area contributed by atoms with E-state index in [1.54, 1.807) is 16.2 Å². The second kappa shape index (κ2) is 6.87. The molecule has 2 rings (SSSR count). The smallest absolute Gasteiger partial charge is 0.281 e. The van der Waals surface area contributed by atoms with Crippen molar-refractivity contribution in [3.63, 3.8) is 0 Å². The lowest BCUT2D eigenvalue weighted by molar-refractivity contribution is -0.132. The predicted octanol–water partition coefficient (Wildman–Crippen LogP) is 0.631. The van der Waals surface area contributed by atoms with Gasteiger partial charge in [0.25, 0.3) is 10.2 Å². The minimum absolute atomic E-state index is 0.102. The summed E-state index contributed by atoms with van der Waals surface area (Å²) < 4.78 is 26.6. The van der Waals surface area contributed by atoms with Gasteiger partial charge in [-0.15, -0.1) is 11.3 Å². The molecule has 1 fully saturated rings. The highest BCUT2D eigenvalue weighted by molar-refractivity contribution is 7.86. The van der Waals surface area contributed by atoms with Crippen LogP contribution >= 0.6 is 11.3 Å². The number of carbonyl (C=O) groups is 1. The Balaban J connectivity index is 1.82. The Kier molecular flexibility index (Phi) is 5.37. The first-order chi connectivity index (χ1) is 9.91. The Labute approximate surface area is 130 Å². The summed E-state index contributed by atoms with van der Waals surface area (Å²) in [6, 6.07) is 4.01. The summed E-state index contributed by atoms with van der Waals surface area (Å²) in [6.07, 6.45) is 1.24. The Morgan fingerprint density at radius 3 is 2.48 bits per heavy atom. The highest BCUT2D eigenvalue weighted by Gasteiger charge is 2.29. The molecular formula is C13H21N3O3S2. The molecule has 1 aliphatic rings. The third-order valence-corrected chi connectivity index (χ3v) is 6.42. The molecule has 0 aliphatic carbocycles. The molecule has 118 valence electrons. The number of rotatable bonds is 5. The lowest BCUT2D eigenvalue weighted by Crippen LogP contribution is -2.53. The molecule has 1 amide bonds. The molecule has 0 unspecified atom stereocenters. The van der Waals surface area contributed by atoms with Crippen LogP contribution in [0.3, 0.4) is 0 Å². The van der Waals surface area contributed by atoms with Crippen LogP contribution in [0.5, 0.6) is 0 Å². The molecule has 0 atom stereocenters. The van der Waals surface area contributed by atoms with Gasteiger partial charge in [-0.2, -0.15) is 17.0 Å². The van der Waals surface area contributed by atoms with Crippen molar-refractivity contribution in [2.45, 2.75) is 12.8 Å². The fourth-order valence-corrected chi connectivity index (χ4v) is 4.04. The molecule has 1 aromatic rings. The highest BCUT2D eigenvalue weighted by Crippen LogP contribution is 2.14. The second-order valence-corrected chi connectivity index (χ2v) is 8.32. The molecule has 1 aliphatic heterocycles. The Morgan fingerprint density at radius 2 is 1.95 bits per heavy atom. The number of nitrogens with zero attached hydrogens (tertiary/aromatic N) is 3. The van der Waals surface area contributed by atoms with Gasteiger partial charge in [-0.25, -0.2) is 0 Å². The number of aryl methyl sites for hydroxylation is 1. The molecule has 0 radical (unpaired) electrons. The molecule has 2 heterocycles. The van der Waals surface area contributed by atoms with Crippen molar-refractivity contribution >= 4 is 27.5 Å². The van der Waals surface area contributed by atoms with Gasteiger partial charge in [0.1, 0.15) is 0 Å². The third-order valence-electron chi connectivity index (χ3n) is 3.54. The van der Waals surface area contributed by atoms with Gasteiger partial charge in [0.2, 0.25) is 5.91 Å². The largest absolute Gasteiger partial charge is 0.340 e. The fraction of sp³-hybridized carbons (Fsp3) is 0.615. The molecular weight excluding hydrogens is 310 g/mol. The number of carbonyl (C=O) groups excluding carboxylic acids is 1. The van der Waals surface area contributed by atoms with E-state index in [0.717, 1.165) is 6.42 Å². The molecule has 0 N–H and O–H groups in total. The van der Waals surface area contributed by atoms with E-state index in [9.17, 15) is 13.2 Å². The van der Waals surface area contributed by atoms with E-state index in [4.69, 9.17) is 0 Å². The van der Waals surface area contributed by atoms with Crippen molar-refractivity contribution < 1.29 is 13.2 Å². The van der Waals surface area contributed by atoms with Gasteiger partial charge >= 0.3 is 0 Å². The Bertz CT molecular complexity index is 561. The minimum atomic E-state index is -3.37. The summed E-state index contributed by atoms with van der Waals surface area (Å²) in [5.74, 6) is 0.102. The van der Waals surface area contributed by atoms with E-state index < -0.39 is 10.2 Å². The highest BCUT2D eigenvalue weighted by atomic mass is 32.2. The van der Waals surface area contributed by atoms with Gasteiger partial charge in [-0.05, 0) is 17.9 Å². The molecule has 21 heavy (non-hydrogen) atoms. The van der Waals surface area contributed by atoms with E-state index in [1.807, 2.05) is 17.5 Å². The fourth-order valence-electron chi connectivity index (χ4n) is 2.24. The number of hydrogen-bond acceptors (Lipinski definition) is 4. The number of amides is 1. The van der Waals surface area contributed by atoms with Gasteiger partial charge < -0.3 is 4.90 Å². The van der Waals surface area contributed by atoms with E-state index in [1.165, 1.54) is 27.6 Å². The van der Waals surface area contributed by atoms with Crippen molar-refractivity contribution in [1.82, 2.24) is 13.5 Å². The summed E-state index contributed by atoms with van der Waals surface area (Å²) in [5.41, 5.74) is 0. The standard InChI is InChI=1S/C13H21N3O3S2/c1-14(2)21(18,19)16-9-7-15(8-10-16)13(17)6-5-12-4-3-11-20-12/h3-4,11H,5-10H2,1-2H3. The van der Waals surface area contributed by atoms with Gasteiger partial charge in [0.15, 0.2) is 0 Å². The van der Waals surface area contributed by atoms with Crippen LogP contribution < -0.4 is 0 Å². The van der Waals surface area contributed by atoms with Crippen LogP contribution in [0.15, 0.2) is 17.5 Å². The maximum atomic E-state index is 12.1. The van der Waals surface area contributed by atoms with Crippen LogP contribution in [-0.4, -0.2) is 68.1 Å². The normalized spacial score (nSPS) is 17.4. The van der Waals surface area contributed by atoms with Crippen molar-refractivity contribution in [1.29, 1.82) is 0 Å². The van der Waals surface area contributed by atoms with Crippen molar-refractivity contribution in [2.24, 2.45) is 0 Å². The van der Waals surface area contributed by atoms with Crippen LogP contribution in [0.25, 0.3) is 0 Å². The lowest BCUT2D eigenvalue weighted by atomic mass is 10.2. The summed E-state index contributed by atoms with van der Waals surface area (Å²) in [5, 5.41) is 2.00. The maximum absolute atomic E-state index is 12.1. The zero-order valence-electron chi connectivity index (χ0n) is 12.4. The molecule has 8 heteroatoms. The first-order valence-electron chi connectivity index (χ1n) is 6.89. The van der Waals surface area contributed by atoms with Crippen molar-refractivity contribution in [3.05, 3.63) is 22.4 Å². The molecule has 0 spiro atoms. The summed E-state index contributed by atoms with van der Waals surface area (Å²) in [7, 11) is -0.323. The minimum Gasteiger partial charge on any atom is -0.340 e. The molecule has 0 aromatic carbocycles. The zero-order chi connectivity index (χ0) is 15.5. The van der Waals surface area contributed by atoms with Gasteiger partial charge in [0, 0.05) is 51.6 Å².